The van der Waals surface area contributed by atoms with Gasteiger partial charge in [-0.25, -0.2) is 15.0 Å². The Kier molecular flexibility index (Phi) is 3.93. The normalized spacial score (nSPS) is 10.4. The Bertz CT molecular complexity index is 573. The molecule has 0 saturated carbocycles. The second-order valence-corrected chi connectivity index (χ2v) is 4.87. The van der Waals surface area contributed by atoms with E-state index in [0.717, 1.165) is 10.6 Å². The first kappa shape index (κ1) is 13.0. The Hall–Kier alpha value is -1.47. The molecule has 0 aliphatic heterocycles. The summed E-state index contributed by atoms with van der Waals surface area (Å²) in [5.41, 5.74) is 6.62. The second kappa shape index (κ2) is 5.45. The molecule has 5 nitrogen and oxygen atoms in total. The van der Waals surface area contributed by atoms with Crippen LogP contribution in [0.1, 0.15) is 5.69 Å². The third-order valence-electron chi connectivity index (χ3n) is 2.17. The van der Waals surface area contributed by atoms with Crippen molar-refractivity contribution in [3.63, 3.8) is 0 Å². The molecule has 18 heavy (non-hydrogen) atoms. The maximum atomic E-state index is 5.71. The molecule has 0 amide bonds. The van der Waals surface area contributed by atoms with Gasteiger partial charge in [-0.05, 0) is 25.3 Å². The lowest BCUT2D eigenvalue weighted by atomic mass is 10.3. The molecule has 2 rings (SSSR count). The van der Waals surface area contributed by atoms with E-state index < -0.39 is 0 Å². The number of aryl methyl sites for hydroxylation is 1. The highest BCUT2D eigenvalue weighted by molar-refractivity contribution is 7.98. The molecule has 0 bridgehead atoms. The Labute approximate surface area is 115 Å². The molecule has 2 heterocycles. The van der Waals surface area contributed by atoms with Crippen LogP contribution < -0.4 is 11.1 Å². The molecule has 0 fully saturated rings. The smallest absolute Gasteiger partial charge is 0.191 e. The lowest BCUT2D eigenvalue weighted by Crippen LogP contribution is -2.02. The highest BCUT2D eigenvalue weighted by atomic mass is 32.2. The minimum absolute atomic E-state index is 0.421. The third-order valence-corrected chi connectivity index (χ3v) is 3.08. The standard InChI is InChI=1S/C11H13N5S2/c1-6-3-4-7(17)10(13-6)15-9-5-8(12)14-11(16-9)18-2/h3-5,17H,1-2H3,(H3,12,13,14,15,16). The van der Waals surface area contributed by atoms with E-state index in [2.05, 4.69) is 32.9 Å². The number of aromatic nitrogens is 3. The maximum Gasteiger partial charge on any atom is 0.191 e. The third kappa shape index (κ3) is 3.05. The van der Waals surface area contributed by atoms with Crippen molar-refractivity contribution in [1.29, 1.82) is 0 Å². The number of nitrogens with two attached hydrogens (primary N) is 1. The van der Waals surface area contributed by atoms with E-state index in [-0.39, 0.29) is 0 Å². The van der Waals surface area contributed by atoms with Crippen molar-refractivity contribution in [2.24, 2.45) is 0 Å². The minimum Gasteiger partial charge on any atom is -0.383 e. The maximum absolute atomic E-state index is 5.71. The summed E-state index contributed by atoms with van der Waals surface area (Å²) in [5, 5.41) is 3.71. The van der Waals surface area contributed by atoms with Gasteiger partial charge in [0.05, 0.1) is 0 Å². The summed E-state index contributed by atoms with van der Waals surface area (Å²) in [6.45, 7) is 1.92. The molecule has 2 aromatic heterocycles. The SMILES string of the molecule is CSc1nc(N)cc(Nc2nc(C)ccc2S)n1. The van der Waals surface area contributed by atoms with Gasteiger partial charge in [-0.2, -0.15) is 0 Å². The fraction of sp³-hybridized carbons (Fsp3) is 0.182. The number of nitrogen functional groups attached to an aromatic ring is 1. The van der Waals surface area contributed by atoms with Gasteiger partial charge in [-0.1, -0.05) is 11.8 Å². The average Bonchev–Trinajstić information content (AvgIpc) is 2.33. The number of hydrogen-bond donors (Lipinski definition) is 3. The highest BCUT2D eigenvalue weighted by Gasteiger charge is 2.05. The number of nitrogens with one attached hydrogen (secondary N) is 1. The van der Waals surface area contributed by atoms with Crippen molar-refractivity contribution in [2.75, 3.05) is 17.3 Å². The van der Waals surface area contributed by atoms with Gasteiger partial charge in [-0.15, -0.1) is 12.6 Å². The van der Waals surface area contributed by atoms with Crippen LogP contribution in [-0.4, -0.2) is 21.2 Å². The Balaban J connectivity index is 2.33. The monoisotopic (exact) mass is 279 g/mol. The summed E-state index contributed by atoms with van der Waals surface area (Å²) >= 11 is 5.78. The number of thioether (sulfide) groups is 1. The predicted molar refractivity (Wildman–Crippen MR) is 77.7 cm³/mol. The highest BCUT2D eigenvalue weighted by Crippen LogP contribution is 2.23. The number of pyridine rings is 1. The van der Waals surface area contributed by atoms with E-state index in [1.54, 1.807) is 6.07 Å². The summed E-state index contributed by atoms with van der Waals surface area (Å²) in [6.07, 6.45) is 1.90. The molecular formula is C11H13N5S2. The fourth-order valence-electron chi connectivity index (χ4n) is 1.36. The fourth-order valence-corrected chi connectivity index (χ4v) is 1.93. The second-order valence-electron chi connectivity index (χ2n) is 3.61. The first-order valence-electron chi connectivity index (χ1n) is 5.20. The zero-order valence-corrected chi connectivity index (χ0v) is 11.7. The number of hydrogen-bond acceptors (Lipinski definition) is 7. The van der Waals surface area contributed by atoms with Gasteiger partial charge in [-0.3, -0.25) is 0 Å². The predicted octanol–water partition coefficient (Wildman–Crippen LogP) is 2.52. The van der Waals surface area contributed by atoms with Gasteiger partial charge < -0.3 is 11.1 Å². The topological polar surface area (TPSA) is 76.7 Å². The van der Waals surface area contributed by atoms with E-state index in [1.807, 2.05) is 25.3 Å². The number of rotatable bonds is 3. The zero-order valence-electron chi connectivity index (χ0n) is 10.0. The quantitative estimate of drug-likeness (QED) is 0.455. The van der Waals surface area contributed by atoms with Crippen molar-refractivity contribution in [1.82, 2.24) is 15.0 Å². The molecule has 0 spiro atoms. The molecule has 0 aromatic carbocycles. The van der Waals surface area contributed by atoms with Crippen LogP contribution in [0.25, 0.3) is 0 Å². The Morgan fingerprint density at radius 1 is 1.28 bits per heavy atom. The van der Waals surface area contributed by atoms with Gasteiger partial charge in [0.25, 0.3) is 0 Å². The zero-order chi connectivity index (χ0) is 13.1. The van der Waals surface area contributed by atoms with Crippen LogP contribution in [0.4, 0.5) is 17.5 Å². The molecule has 0 aliphatic rings. The Morgan fingerprint density at radius 3 is 2.78 bits per heavy atom. The average molecular weight is 279 g/mol. The largest absolute Gasteiger partial charge is 0.383 e. The summed E-state index contributed by atoms with van der Waals surface area (Å²) in [7, 11) is 0. The molecular weight excluding hydrogens is 266 g/mol. The van der Waals surface area contributed by atoms with Crippen molar-refractivity contribution < 1.29 is 0 Å². The molecule has 0 unspecified atom stereocenters. The lowest BCUT2D eigenvalue weighted by molar-refractivity contribution is 0.980. The first-order chi connectivity index (χ1) is 8.58. The summed E-state index contributed by atoms with van der Waals surface area (Å²) in [5.74, 6) is 1.69. The van der Waals surface area contributed by atoms with Gasteiger partial charge in [0, 0.05) is 16.7 Å². The molecule has 0 radical (unpaired) electrons. The van der Waals surface area contributed by atoms with E-state index in [0.29, 0.717) is 22.6 Å². The van der Waals surface area contributed by atoms with E-state index in [1.165, 1.54) is 11.8 Å². The van der Waals surface area contributed by atoms with E-state index in [9.17, 15) is 0 Å². The van der Waals surface area contributed by atoms with Crippen LogP contribution in [0.5, 0.6) is 0 Å². The van der Waals surface area contributed by atoms with Crippen molar-refractivity contribution in [2.45, 2.75) is 17.0 Å². The summed E-state index contributed by atoms with van der Waals surface area (Å²) in [6, 6.07) is 5.44. The number of nitrogens with zero attached hydrogens (tertiary/aromatic N) is 3. The van der Waals surface area contributed by atoms with E-state index >= 15 is 0 Å². The van der Waals surface area contributed by atoms with Crippen molar-refractivity contribution in [3.05, 3.63) is 23.9 Å². The summed E-state index contributed by atoms with van der Waals surface area (Å²) < 4.78 is 0. The van der Waals surface area contributed by atoms with Crippen molar-refractivity contribution in [3.8, 4) is 0 Å². The minimum atomic E-state index is 0.421. The Morgan fingerprint density at radius 2 is 2.06 bits per heavy atom. The van der Waals surface area contributed by atoms with Gasteiger partial charge in [0.15, 0.2) is 5.16 Å². The van der Waals surface area contributed by atoms with Crippen LogP contribution in [0.3, 0.4) is 0 Å². The van der Waals surface area contributed by atoms with Gasteiger partial charge in [0.1, 0.15) is 17.5 Å². The first-order valence-corrected chi connectivity index (χ1v) is 6.88. The van der Waals surface area contributed by atoms with Crippen molar-refractivity contribution >= 4 is 41.8 Å². The van der Waals surface area contributed by atoms with Gasteiger partial charge in [0.2, 0.25) is 0 Å². The molecule has 94 valence electrons. The molecule has 7 heteroatoms. The molecule has 0 aliphatic carbocycles. The van der Waals surface area contributed by atoms with E-state index in [4.69, 9.17) is 5.73 Å². The number of anilines is 3. The van der Waals surface area contributed by atoms with Crippen LogP contribution in [0.15, 0.2) is 28.3 Å². The van der Waals surface area contributed by atoms with Crippen LogP contribution in [-0.2, 0) is 0 Å². The van der Waals surface area contributed by atoms with Crippen LogP contribution in [0, 0.1) is 6.92 Å². The molecule has 3 N–H and O–H groups in total. The molecule has 0 atom stereocenters. The molecule has 2 aromatic rings. The number of thiol groups is 1. The summed E-state index contributed by atoms with van der Waals surface area (Å²) in [4.78, 5) is 13.5. The van der Waals surface area contributed by atoms with Crippen LogP contribution >= 0.6 is 24.4 Å². The van der Waals surface area contributed by atoms with Crippen LogP contribution in [0.2, 0.25) is 0 Å². The van der Waals surface area contributed by atoms with Gasteiger partial charge >= 0.3 is 0 Å². The lowest BCUT2D eigenvalue weighted by Gasteiger charge is -2.09. The molecule has 0 saturated heterocycles.